The smallest absolute Gasteiger partial charge is 0.237 e. The van der Waals surface area contributed by atoms with Crippen molar-refractivity contribution in [1.82, 2.24) is 24.7 Å². The van der Waals surface area contributed by atoms with Crippen LogP contribution in [-0.4, -0.2) is 37.9 Å². The second-order valence-electron chi connectivity index (χ2n) is 8.57. The van der Waals surface area contributed by atoms with E-state index >= 15 is 4.39 Å². The molecule has 1 saturated carbocycles. The van der Waals surface area contributed by atoms with E-state index in [9.17, 15) is 0 Å². The van der Waals surface area contributed by atoms with E-state index in [0.29, 0.717) is 53.2 Å². The van der Waals surface area contributed by atoms with Crippen molar-refractivity contribution in [1.29, 1.82) is 0 Å². The number of fused-ring (bicyclic) bond motifs is 2. The molecule has 174 valence electrons. The Morgan fingerprint density at radius 3 is 2.85 bits per heavy atom. The summed E-state index contributed by atoms with van der Waals surface area (Å²) in [5.41, 5.74) is 10.4. The van der Waals surface area contributed by atoms with E-state index in [2.05, 4.69) is 30.7 Å². The van der Waals surface area contributed by atoms with Gasteiger partial charge in [0.1, 0.15) is 12.3 Å². The van der Waals surface area contributed by atoms with Gasteiger partial charge in [0.15, 0.2) is 5.82 Å². The Balaban J connectivity index is 1.46. The first-order valence-corrected chi connectivity index (χ1v) is 11.4. The number of pyridine rings is 1. The maximum Gasteiger partial charge on any atom is 0.237 e. The van der Waals surface area contributed by atoms with Crippen molar-refractivity contribution in [2.45, 2.75) is 32.7 Å². The zero-order valence-corrected chi connectivity index (χ0v) is 19.4. The van der Waals surface area contributed by atoms with Gasteiger partial charge >= 0.3 is 0 Å². The highest BCUT2D eigenvalue weighted by atomic mass is 35.5. The second-order valence-corrected chi connectivity index (χ2v) is 8.95. The molecule has 1 aromatic carbocycles. The first-order chi connectivity index (χ1) is 16.4. The van der Waals surface area contributed by atoms with Gasteiger partial charge in [0.05, 0.1) is 39.8 Å². The van der Waals surface area contributed by atoms with Gasteiger partial charge in [-0.2, -0.15) is 5.10 Å². The van der Waals surface area contributed by atoms with Gasteiger partial charge in [0, 0.05) is 35.5 Å². The highest BCUT2D eigenvalue weighted by Gasteiger charge is 2.27. The summed E-state index contributed by atoms with van der Waals surface area (Å²) in [5.74, 6) is 0.166. The second kappa shape index (κ2) is 7.69. The number of hydrogen-bond acceptors (Lipinski definition) is 8. The lowest BCUT2D eigenvalue weighted by Crippen LogP contribution is -2.20. The first kappa shape index (κ1) is 20.9. The molecule has 6 rings (SSSR count). The molecule has 4 aromatic rings. The van der Waals surface area contributed by atoms with Crippen LogP contribution in [0.3, 0.4) is 0 Å². The molecule has 34 heavy (non-hydrogen) atoms. The Morgan fingerprint density at radius 2 is 2.06 bits per heavy atom. The van der Waals surface area contributed by atoms with Gasteiger partial charge in [-0.1, -0.05) is 11.6 Å². The van der Waals surface area contributed by atoms with E-state index < -0.39 is 5.82 Å². The molecule has 4 heterocycles. The summed E-state index contributed by atoms with van der Waals surface area (Å²) in [7, 11) is 0. The number of halogens is 2. The third-order valence-corrected chi connectivity index (χ3v) is 6.73. The molecule has 2 aliphatic rings. The zero-order valence-electron chi connectivity index (χ0n) is 18.6. The summed E-state index contributed by atoms with van der Waals surface area (Å²) in [6.07, 6.45) is 7.05. The van der Waals surface area contributed by atoms with Crippen molar-refractivity contribution in [3.8, 4) is 17.0 Å². The fourth-order valence-electron chi connectivity index (χ4n) is 4.34. The van der Waals surface area contributed by atoms with Crippen LogP contribution >= 0.6 is 11.6 Å². The molecule has 1 fully saturated rings. The Morgan fingerprint density at radius 1 is 1.24 bits per heavy atom. The van der Waals surface area contributed by atoms with E-state index in [1.165, 1.54) is 6.20 Å². The van der Waals surface area contributed by atoms with E-state index in [1.807, 2.05) is 18.5 Å². The number of anilines is 4. The normalized spacial score (nSPS) is 15.1. The van der Waals surface area contributed by atoms with Gasteiger partial charge in [0.25, 0.3) is 0 Å². The standard InChI is InChI=1S/C23H22ClFN8O/c1-10-13(7-28-22-20(10)27-5-6-34-22)16-17(24)21-14(19(26)18(16)25)8-29-23(32-21)31-15-9-30-33(11(15)2)12-3-4-12/h7-9,12,27H,3-6,26H2,1-2H3,(H,29,31,32). The average molecular weight is 481 g/mol. The molecular weight excluding hydrogens is 459 g/mol. The average Bonchev–Trinajstić information content (AvgIpc) is 3.63. The molecule has 0 atom stereocenters. The predicted octanol–water partition coefficient (Wildman–Crippen LogP) is 4.76. The fourth-order valence-corrected chi connectivity index (χ4v) is 4.67. The first-order valence-electron chi connectivity index (χ1n) is 11.0. The summed E-state index contributed by atoms with van der Waals surface area (Å²) in [5, 5.41) is 11.4. The molecule has 0 spiro atoms. The summed E-state index contributed by atoms with van der Waals surface area (Å²) in [6.45, 7) is 5.01. The lowest BCUT2D eigenvalue weighted by atomic mass is 9.98. The van der Waals surface area contributed by atoms with Crippen molar-refractivity contribution in [2.75, 3.05) is 29.5 Å². The largest absolute Gasteiger partial charge is 0.474 e. The lowest BCUT2D eigenvalue weighted by Gasteiger charge is -2.22. The maximum atomic E-state index is 15.5. The monoisotopic (exact) mass is 480 g/mol. The number of benzene rings is 1. The van der Waals surface area contributed by atoms with Crippen LogP contribution < -0.4 is 21.1 Å². The molecule has 0 bridgehead atoms. The van der Waals surface area contributed by atoms with Crippen LogP contribution in [0.1, 0.15) is 30.1 Å². The maximum absolute atomic E-state index is 15.5. The molecule has 1 aliphatic heterocycles. The van der Waals surface area contributed by atoms with Crippen LogP contribution in [0.2, 0.25) is 5.02 Å². The van der Waals surface area contributed by atoms with E-state index in [-0.39, 0.29) is 16.3 Å². The van der Waals surface area contributed by atoms with Crippen LogP contribution in [0.15, 0.2) is 18.6 Å². The highest BCUT2D eigenvalue weighted by molar-refractivity contribution is 6.38. The third-order valence-electron chi connectivity index (χ3n) is 6.36. The number of rotatable bonds is 4. The minimum absolute atomic E-state index is 0.0694. The minimum atomic E-state index is -0.634. The van der Waals surface area contributed by atoms with Gasteiger partial charge in [-0.05, 0) is 32.3 Å². The number of nitrogen functional groups attached to an aromatic ring is 1. The summed E-state index contributed by atoms with van der Waals surface area (Å²) in [6, 6.07) is 0.459. The van der Waals surface area contributed by atoms with E-state index in [1.54, 1.807) is 12.4 Å². The van der Waals surface area contributed by atoms with Crippen molar-refractivity contribution in [3.05, 3.63) is 40.7 Å². The number of hydrogen-bond donors (Lipinski definition) is 3. The minimum Gasteiger partial charge on any atom is -0.474 e. The molecule has 4 N–H and O–H groups in total. The molecule has 3 aromatic heterocycles. The van der Waals surface area contributed by atoms with Crippen molar-refractivity contribution in [3.63, 3.8) is 0 Å². The zero-order chi connectivity index (χ0) is 23.6. The topological polar surface area (TPSA) is 116 Å². The Labute approximate surface area is 199 Å². The molecule has 0 unspecified atom stereocenters. The van der Waals surface area contributed by atoms with Crippen LogP contribution in [0.4, 0.5) is 27.4 Å². The number of nitrogens with two attached hydrogens (primary N) is 1. The van der Waals surface area contributed by atoms with Gasteiger partial charge in [-0.25, -0.2) is 19.3 Å². The van der Waals surface area contributed by atoms with Crippen LogP contribution in [0, 0.1) is 19.7 Å². The Hall–Kier alpha value is -3.66. The molecule has 1 aliphatic carbocycles. The fraction of sp³-hybridized carbons (Fsp3) is 0.304. The van der Waals surface area contributed by atoms with E-state index in [0.717, 1.165) is 29.8 Å². The lowest BCUT2D eigenvalue weighted by molar-refractivity contribution is 0.310. The summed E-state index contributed by atoms with van der Waals surface area (Å²) >= 11 is 6.76. The van der Waals surface area contributed by atoms with Gasteiger partial charge in [0.2, 0.25) is 11.8 Å². The molecule has 0 saturated heterocycles. The van der Waals surface area contributed by atoms with Gasteiger partial charge < -0.3 is 21.1 Å². The molecule has 0 radical (unpaired) electrons. The predicted molar refractivity (Wildman–Crippen MR) is 129 cm³/mol. The number of ether oxygens (including phenoxy) is 1. The molecule has 9 nitrogen and oxygen atoms in total. The third kappa shape index (κ3) is 3.20. The van der Waals surface area contributed by atoms with Crippen molar-refractivity contribution in [2.24, 2.45) is 0 Å². The van der Waals surface area contributed by atoms with E-state index in [4.69, 9.17) is 22.1 Å². The summed E-state index contributed by atoms with van der Waals surface area (Å²) in [4.78, 5) is 13.3. The number of nitrogens with zero attached hydrogens (tertiary/aromatic N) is 5. The van der Waals surface area contributed by atoms with Crippen molar-refractivity contribution < 1.29 is 9.13 Å². The van der Waals surface area contributed by atoms with Crippen molar-refractivity contribution >= 4 is 45.5 Å². The SMILES string of the molecule is Cc1c(-c2c(F)c(N)c3cnc(Nc4cnn(C5CC5)c4C)nc3c2Cl)cnc2c1NCCO2. The number of nitrogens with one attached hydrogen (secondary N) is 2. The van der Waals surface area contributed by atoms with Crippen LogP contribution in [0.25, 0.3) is 22.0 Å². The molecule has 0 amide bonds. The molecule has 11 heteroatoms. The Bertz CT molecular complexity index is 1470. The number of aromatic nitrogens is 5. The van der Waals surface area contributed by atoms with Crippen LogP contribution in [-0.2, 0) is 0 Å². The van der Waals surface area contributed by atoms with Gasteiger partial charge in [-0.15, -0.1) is 0 Å². The Kier molecular flexibility index (Phi) is 4.73. The molecular formula is C23H22ClFN8O. The van der Waals surface area contributed by atoms with Gasteiger partial charge in [-0.3, -0.25) is 4.68 Å². The highest BCUT2D eigenvalue weighted by Crippen LogP contribution is 2.44. The van der Waals surface area contributed by atoms with Crippen LogP contribution in [0.5, 0.6) is 5.88 Å². The quantitative estimate of drug-likeness (QED) is 0.358. The summed E-state index contributed by atoms with van der Waals surface area (Å²) < 4.78 is 23.1.